The Morgan fingerprint density at radius 3 is 2.13 bits per heavy atom. The molecule has 0 aliphatic carbocycles. The van der Waals surface area contributed by atoms with E-state index in [1.165, 1.54) is 28.9 Å². The second kappa shape index (κ2) is 22.3. The molecule has 1 aliphatic rings. The summed E-state index contributed by atoms with van der Waals surface area (Å²) in [5, 5.41) is 27.6. The zero-order valence-electron chi connectivity index (χ0n) is 36.9. The van der Waals surface area contributed by atoms with Gasteiger partial charge in [0.15, 0.2) is 17.2 Å². The molecule has 1 atom stereocenters. The van der Waals surface area contributed by atoms with E-state index in [1.807, 2.05) is 83.5 Å². The molecular weight excluding hydrogens is 917 g/mol. The number of piperazine rings is 1. The first-order valence-corrected chi connectivity index (χ1v) is 23.0. The van der Waals surface area contributed by atoms with Crippen LogP contribution in [0.15, 0.2) is 103 Å². The second-order valence-corrected chi connectivity index (χ2v) is 17.1. The third-order valence-electron chi connectivity index (χ3n) is 10.6. The van der Waals surface area contributed by atoms with Crippen LogP contribution >= 0.6 is 19.4 Å². The standard InChI is InChI=1S/C46H45ClN11O9P/c1-3-51-43-44-52-27-36(26-49)58(44)54-45(53-43)57(39-23-35(25-48)22-38(41(39)47)56-20-18-55(19-21-56)31(2)42(50)60)46(61)64-30-63-40(59)24-32-14-16-37(17-15-32)67-68(62,65-28-33-10-6-4-7-11-33)66-29-34-12-8-5-9-13-34/h4-17,22-23,27,31H,3,18-21,24,28-30H2,1-2H3,(H2,50,60)(H,51,53,54)/t31-/m0/s1. The van der Waals surface area contributed by atoms with Crippen molar-refractivity contribution in [3.63, 3.8) is 0 Å². The predicted octanol–water partition coefficient (Wildman–Crippen LogP) is 6.89. The fourth-order valence-corrected chi connectivity index (χ4v) is 8.45. The lowest BCUT2D eigenvalue weighted by atomic mass is 10.1. The van der Waals surface area contributed by atoms with Gasteiger partial charge < -0.3 is 29.9 Å². The lowest BCUT2D eigenvalue weighted by Gasteiger charge is -2.38. The molecule has 20 nitrogen and oxygen atoms in total. The maximum atomic E-state index is 14.3. The monoisotopic (exact) mass is 961 g/mol. The molecule has 1 saturated heterocycles. The minimum atomic E-state index is -4.16. The summed E-state index contributed by atoms with van der Waals surface area (Å²) < 4.78 is 43.1. The van der Waals surface area contributed by atoms with Gasteiger partial charge in [-0.15, -0.1) is 5.10 Å². The highest BCUT2D eigenvalue weighted by Gasteiger charge is 2.33. The first kappa shape index (κ1) is 48.4. The molecule has 22 heteroatoms. The number of nitriles is 2. The molecule has 68 heavy (non-hydrogen) atoms. The Morgan fingerprint density at radius 1 is 0.897 bits per heavy atom. The zero-order valence-corrected chi connectivity index (χ0v) is 38.5. The number of carbonyl (C=O) groups excluding carboxylic acids is 3. The van der Waals surface area contributed by atoms with Gasteiger partial charge >= 0.3 is 19.9 Å². The highest BCUT2D eigenvalue weighted by molar-refractivity contribution is 7.48. The van der Waals surface area contributed by atoms with E-state index in [-0.39, 0.29) is 64.8 Å². The molecule has 350 valence electrons. The summed E-state index contributed by atoms with van der Waals surface area (Å²) in [7, 11) is -4.16. The molecule has 3 heterocycles. The predicted molar refractivity (Wildman–Crippen MR) is 249 cm³/mol. The van der Waals surface area contributed by atoms with Crippen LogP contribution in [0, 0.1) is 22.7 Å². The molecule has 6 aromatic rings. The van der Waals surface area contributed by atoms with Crippen molar-refractivity contribution in [3.8, 4) is 17.9 Å². The number of carbonyl (C=O) groups is 3. The number of nitrogens with two attached hydrogens (primary N) is 1. The fourth-order valence-electron chi connectivity index (χ4n) is 6.97. The number of esters is 1. The van der Waals surface area contributed by atoms with Crippen LogP contribution < -0.4 is 25.4 Å². The normalized spacial score (nSPS) is 13.2. The molecule has 7 rings (SSSR count). The number of nitrogens with one attached hydrogen (secondary N) is 1. The number of aromatic nitrogens is 4. The molecular formula is C46H45ClN11O9P. The summed E-state index contributed by atoms with van der Waals surface area (Å²) in [6.45, 7) is 4.64. The number of nitrogens with zero attached hydrogens (tertiary/aromatic N) is 9. The molecule has 1 fully saturated rings. The first-order valence-electron chi connectivity index (χ1n) is 21.2. The number of rotatable bonds is 19. The van der Waals surface area contributed by atoms with Gasteiger partial charge in [0.1, 0.15) is 11.8 Å². The fraction of sp³-hybridized carbons (Fsp3) is 0.261. The van der Waals surface area contributed by atoms with E-state index in [1.54, 1.807) is 25.1 Å². The number of phosphoric acid groups is 1. The third-order valence-corrected chi connectivity index (χ3v) is 12.3. The molecule has 0 bridgehead atoms. The maximum Gasteiger partial charge on any atom is 0.530 e. The van der Waals surface area contributed by atoms with Gasteiger partial charge in [-0.3, -0.25) is 23.5 Å². The Hall–Kier alpha value is -7.58. The molecule has 1 aliphatic heterocycles. The Balaban J connectivity index is 1.07. The summed E-state index contributed by atoms with van der Waals surface area (Å²) in [6, 6.07) is 30.9. The van der Waals surface area contributed by atoms with Crippen LogP contribution in [0.3, 0.4) is 0 Å². The summed E-state index contributed by atoms with van der Waals surface area (Å²) in [4.78, 5) is 52.8. The van der Waals surface area contributed by atoms with Crippen molar-refractivity contribution in [2.24, 2.45) is 5.73 Å². The number of benzene rings is 4. The van der Waals surface area contributed by atoms with E-state index in [0.717, 1.165) is 16.0 Å². The van der Waals surface area contributed by atoms with Crippen LogP contribution in [-0.2, 0) is 52.3 Å². The number of phosphoric ester groups is 1. The zero-order chi connectivity index (χ0) is 48.2. The summed E-state index contributed by atoms with van der Waals surface area (Å²) in [6.07, 6.45) is -0.127. The molecule has 0 saturated carbocycles. The number of halogens is 1. The lowest BCUT2D eigenvalue weighted by Crippen LogP contribution is -2.53. The molecule has 0 radical (unpaired) electrons. The number of hydrogen-bond donors (Lipinski definition) is 2. The van der Waals surface area contributed by atoms with Crippen LogP contribution in [0.4, 0.5) is 27.9 Å². The van der Waals surface area contributed by atoms with Gasteiger partial charge in [-0.05, 0) is 54.8 Å². The molecule has 3 N–H and O–H groups in total. The van der Waals surface area contributed by atoms with E-state index in [4.69, 9.17) is 40.4 Å². The molecule has 0 unspecified atom stereocenters. The molecule has 2 aromatic heterocycles. The second-order valence-electron chi connectivity index (χ2n) is 15.1. The average molecular weight is 962 g/mol. The van der Waals surface area contributed by atoms with Gasteiger partial charge in [0.05, 0.1) is 59.9 Å². The minimum Gasteiger partial charge on any atom is -0.428 e. The van der Waals surface area contributed by atoms with Crippen LogP contribution in [-0.4, -0.2) is 88.0 Å². The minimum absolute atomic E-state index is 0.0171. The van der Waals surface area contributed by atoms with Gasteiger partial charge in [0.25, 0.3) is 5.95 Å². The summed E-state index contributed by atoms with van der Waals surface area (Å²) >= 11 is 7.11. The summed E-state index contributed by atoms with van der Waals surface area (Å²) in [5.41, 5.74) is 8.20. The van der Waals surface area contributed by atoms with Crippen LogP contribution in [0.25, 0.3) is 5.65 Å². The number of imidazole rings is 1. The SMILES string of the molecule is CCNc1nc(N(C(=O)OCOC(=O)Cc2ccc(OP(=O)(OCc3ccccc3)OCc3ccccc3)cc2)c2cc(C#N)cc(N3CCN([C@@H](C)C(N)=O)CC3)c2Cl)nn2c(C#N)cnc12. The third kappa shape index (κ3) is 11.9. The van der Waals surface area contributed by atoms with E-state index < -0.39 is 38.6 Å². The quantitative estimate of drug-likeness (QED) is 0.0476. The van der Waals surface area contributed by atoms with E-state index in [9.17, 15) is 29.5 Å². The van der Waals surface area contributed by atoms with Crippen molar-refractivity contribution in [2.45, 2.75) is 39.5 Å². The number of fused-ring (bicyclic) bond motifs is 1. The van der Waals surface area contributed by atoms with Crippen molar-refractivity contribution in [1.82, 2.24) is 24.5 Å². The van der Waals surface area contributed by atoms with Crippen molar-refractivity contribution < 1.29 is 42.0 Å². The largest absolute Gasteiger partial charge is 0.530 e. The Bertz CT molecular complexity index is 2840. The molecule has 4 aromatic carbocycles. The Labute approximate surface area is 395 Å². The number of hydrogen-bond acceptors (Lipinski definition) is 17. The highest BCUT2D eigenvalue weighted by atomic mass is 35.5. The average Bonchev–Trinajstić information content (AvgIpc) is 3.78. The lowest BCUT2D eigenvalue weighted by molar-refractivity contribution is -0.150. The van der Waals surface area contributed by atoms with Gasteiger partial charge in [0.2, 0.25) is 12.7 Å². The highest BCUT2D eigenvalue weighted by Crippen LogP contribution is 2.51. The topological polar surface area (TPSA) is 253 Å². The van der Waals surface area contributed by atoms with Crippen LogP contribution in [0.1, 0.15) is 41.8 Å². The van der Waals surface area contributed by atoms with E-state index in [2.05, 4.69) is 26.5 Å². The van der Waals surface area contributed by atoms with Crippen LogP contribution in [0.2, 0.25) is 5.02 Å². The van der Waals surface area contributed by atoms with Gasteiger partial charge in [0, 0.05) is 32.7 Å². The van der Waals surface area contributed by atoms with Crippen molar-refractivity contribution in [3.05, 3.63) is 136 Å². The van der Waals surface area contributed by atoms with Crippen LogP contribution in [0.5, 0.6) is 5.75 Å². The summed E-state index contributed by atoms with van der Waals surface area (Å²) in [5.74, 6) is -1.25. The van der Waals surface area contributed by atoms with E-state index >= 15 is 0 Å². The number of ether oxygens (including phenoxy) is 2. The first-order chi connectivity index (χ1) is 32.9. The molecule has 2 amide bonds. The van der Waals surface area contributed by atoms with Crippen molar-refractivity contribution >= 4 is 66.2 Å². The number of primary amides is 1. The van der Waals surface area contributed by atoms with Crippen molar-refractivity contribution in [1.29, 1.82) is 10.5 Å². The van der Waals surface area contributed by atoms with E-state index in [0.29, 0.717) is 44.0 Å². The smallest absolute Gasteiger partial charge is 0.428 e. The maximum absolute atomic E-state index is 14.3. The Morgan fingerprint density at radius 2 is 1.54 bits per heavy atom. The van der Waals surface area contributed by atoms with Gasteiger partial charge in [-0.1, -0.05) is 84.4 Å². The Kier molecular flexibility index (Phi) is 15.8. The van der Waals surface area contributed by atoms with Crippen molar-refractivity contribution in [2.75, 3.05) is 54.6 Å². The molecule has 0 spiro atoms. The number of amides is 2. The van der Waals surface area contributed by atoms with Gasteiger partial charge in [-0.25, -0.2) is 19.2 Å². The van der Waals surface area contributed by atoms with Gasteiger partial charge in [-0.2, -0.15) is 20.0 Å². The number of anilines is 4.